The minimum absolute atomic E-state index is 0.266. The molecule has 1 saturated heterocycles. The molecule has 1 saturated carbocycles. The van der Waals surface area contributed by atoms with Gasteiger partial charge in [-0.05, 0) is 50.4 Å². The Morgan fingerprint density at radius 3 is 2.91 bits per heavy atom. The number of hydrogen-bond donors (Lipinski definition) is 0. The minimum Gasteiger partial charge on any atom is -0.376 e. The van der Waals surface area contributed by atoms with Gasteiger partial charge in [0.1, 0.15) is 0 Å². The Hall–Kier alpha value is -1.02. The van der Waals surface area contributed by atoms with Gasteiger partial charge >= 0.3 is 0 Å². The molecule has 0 aromatic carbocycles. The molecular formula is C16H22N4OS2. The second-order valence-electron chi connectivity index (χ2n) is 6.59. The first-order valence-corrected chi connectivity index (χ1v) is 9.51. The third-order valence-electron chi connectivity index (χ3n) is 4.58. The van der Waals surface area contributed by atoms with Gasteiger partial charge in [-0.25, -0.2) is 4.68 Å². The first kappa shape index (κ1) is 15.5. The topological polar surface area (TPSA) is 35.2 Å². The van der Waals surface area contributed by atoms with E-state index in [0.717, 1.165) is 30.4 Å². The van der Waals surface area contributed by atoms with Crippen LogP contribution in [0.1, 0.15) is 32.7 Å². The highest BCUT2D eigenvalue weighted by atomic mass is 32.1. The van der Waals surface area contributed by atoms with E-state index in [1.807, 2.05) is 4.68 Å². The molecule has 1 aliphatic carbocycles. The second kappa shape index (κ2) is 6.12. The van der Waals surface area contributed by atoms with E-state index in [9.17, 15) is 0 Å². The Kier molecular flexibility index (Phi) is 4.13. The van der Waals surface area contributed by atoms with E-state index < -0.39 is 0 Å². The van der Waals surface area contributed by atoms with Crippen molar-refractivity contribution >= 4 is 23.6 Å². The van der Waals surface area contributed by atoms with E-state index in [1.165, 1.54) is 17.7 Å². The SMILES string of the molecule is CC1CN(Cn2nc(-c3cccs3)n(C3CC3)c2=S)C(C)CO1. The predicted molar refractivity (Wildman–Crippen MR) is 94.2 cm³/mol. The number of thiophene rings is 1. The monoisotopic (exact) mass is 350 g/mol. The first-order valence-electron chi connectivity index (χ1n) is 8.22. The van der Waals surface area contributed by atoms with Crippen molar-refractivity contribution < 1.29 is 4.74 Å². The Morgan fingerprint density at radius 2 is 2.22 bits per heavy atom. The molecule has 7 heteroatoms. The van der Waals surface area contributed by atoms with Crippen molar-refractivity contribution in [3.05, 3.63) is 22.3 Å². The van der Waals surface area contributed by atoms with Crippen molar-refractivity contribution in [2.24, 2.45) is 0 Å². The normalized spacial score (nSPS) is 25.8. The number of hydrogen-bond acceptors (Lipinski definition) is 5. The lowest BCUT2D eigenvalue weighted by Crippen LogP contribution is -2.47. The summed E-state index contributed by atoms with van der Waals surface area (Å²) in [7, 11) is 0. The molecule has 2 fully saturated rings. The summed E-state index contributed by atoms with van der Waals surface area (Å²) in [4.78, 5) is 3.61. The van der Waals surface area contributed by atoms with Crippen LogP contribution < -0.4 is 0 Å². The summed E-state index contributed by atoms with van der Waals surface area (Å²) >= 11 is 7.48. The fourth-order valence-corrected chi connectivity index (χ4v) is 4.13. The number of nitrogens with zero attached hydrogens (tertiary/aromatic N) is 4. The van der Waals surface area contributed by atoms with Crippen LogP contribution in [0.25, 0.3) is 10.7 Å². The number of ether oxygens (including phenoxy) is 1. The molecule has 1 aliphatic heterocycles. The highest BCUT2D eigenvalue weighted by molar-refractivity contribution is 7.71. The summed E-state index contributed by atoms with van der Waals surface area (Å²) in [5.74, 6) is 1.03. The van der Waals surface area contributed by atoms with Crippen LogP contribution >= 0.6 is 23.6 Å². The Morgan fingerprint density at radius 1 is 1.39 bits per heavy atom. The van der Waals surface area contributed by atoms with Gasteiger partial charge in [-0.15, -0.1) is 16.4 Å². The van der Waals surface area contributed by atoms with Crippen LogP contribution in [-0.4, -0.2) is 44.5 Å². The van der Waals surface area contributed by atoms with Crippen molar-refractivity contribution in [1.82, 2.24) is 19.2 Å². The lowest BCUT2D eigenvalue weighted by molar-refractivity contribution is -0.0625. The molecule has 0 spiro atoms. The summed E-state index contributed by atoms with van der Waals surface area (Å²) in [6, 6.07) is 5.13. The van der Waals surface area contributed by atoms with Gasteiger partial charge in [-0.3, -0.25) is 9.47 Å². The molecule has 5 nitrogen and oxygen atoms in total. The average molecular weight is 351 g/mol. The molecule has 2 aromatic heterocycles. The lowest BCUT2D eigenvalue weighted by atomic mass is 10.2. The van der Waals surface area contributed by atoms with Crippen molar-refractivity contribution in [2.75, 3.05) is 13.2 Å². The fourth-order valence-electron chi connectivity index (χ4n) is 3.09. The Bertz CT molecular complexity index is 732. The third-order valence-corrected chi connectivity index (χ3v) is 5.85. The van der Waals surface area contributed by atoms with E-state index in [-0.39, 0.29) is 6.10 Å². The van der Waals surface area contributed by atoms with Crippen LogP contribution in [0.4, 0.5) is 0 Å². The molecule has 23 heavy (non-hydrogen) atoms. The highest BCUT2D eigenvalue weighted by Gasteiger charge is 2.30. The van der Waals surface area contributed by atoms with Gasteiger partial charge in [-0.1, -0.05) is 6.07 Å². The molecule has 0 bridgehead atoms. The molecule has 3 heterocycles. The van der Waals surface area contributed by atoms with Crippen molar-refractivity contribution in [1.29, 1.82) is 0 Å². The first-order chi connectivity index (χ1) is 11.1. The molecule has 2 unspecified atom stereocenters. The molecule has 124 valence electrons. The quantitative estimate of drug-likeness (QED) is 0.790. The number of rotatable bonds is 4. The van der Waals surface area contributed by atoms with E-state index in [1.54, 1.807) is 11.3 Å². The fraction of sp³-hybridized carbons (Fsp3) is 0.625. The summed E-state index contributed by atoms with van der Waals surface area (Å²) < 4.78 is 10.8. The smallest absolute Gasteiger partial charge is 0.199 e. The van der Waals surface area contributed by atoms with Gasteiger partial charge < -0.3 is 4.74 Å². The van der Waals surface area contributed by atoms with Gasteiger partial charge in [0.15, 0.2) is 10.6 Å². The standard InChI is InChI=1S/C16H22N4OS2/c1-11-9-21-12(2)8-18(11)10-19-16(22)20(13-5-6-13)15(17-19)14-4-3-7-23-14/h3-4,7,11-13H,5-6,8-10H2,1-2H3. The zero-order valence-electron chi connectivity index (χ0n) is 13.5. The molecule has 0 radical (unpaired) electrons. The number of morpholine rings is 1. The molecule has 2 aromatic rings. The van der Waals surface area contributed by atoms with Crippen LogP contribution in [0, 0.1) is 4.77 Å². The maximum atomic E-state index is 5.75. The van der Waals surface area contributed by atoms with Gasteiger partial charge in [0, 0.05) is 18.6 Å². The molecular weight excluding hydrogens is 328 g/mol. The van der Waals surface area contributed by atoms with Crippen LogP contribution in [-0.2, 0) is 11.4 Å². The maximum Gasteiger partial charge on any atom is 0.199 e. The molecule has 2 aliphatic rings. The van der Waals surface area contributed by atoms with E-state index >= 15 is 0 Å². The molecule has 0 amide bonds. The summed E-state index contributed by atoms with van der Waals surface area (Å²) in [6.07, 6.45) is 2.69. The average Bonchev–Trinajstić information content (AvgIpc) is 3.10. The molecule has 4 rings (SSSR count). The minimum atomic E-state index is 0.266. The van der Waals surface area contributed by atoms with E-state index in [0.29, 0.717) is 12.1 Å². The van der Waals surface area contributed by atoms with Gasteiger partial charge in [-0.2, -0.15) is 0 Å². The Labute approximate surface area is 145 Å². The predicted octanol–water partition coefficient (Wildman–Crippen LogP) is 3.54. The molecule has 0 N–H and O–H groups in total. The van der Waals surface area contributed by atoms with Crippen molar-refractivity contribution in [2.45, 2.75) is 51.5 Å². The van der Waals surface area contributed by atoms with Crippen molar-refractivity contribution in [3.63, 3.8) is 0 Å². The summed E-state index contributed by atoms with van der Waals surface area (Å²) in [5, 5.41) is 6.97. The van der Waals surface area contributed by atoms with E-state index in [4.69, 9.17) is 22.1 Å². The van der Waals surface area contributed by atoms with Crippen LogP contribution in [0.5, 0.6) is 0 Å². The van der Waals surface area contributed by atoms with Gasteiger partial charge in [0.2, 0.25) is 0 Å². The second-order valence-corrected chi connectivity index (χ2v) is 7.90. The highest BCUT2D eigenvalue weighted by Crippen LogP contribution is 2.39. The molecule has 2 atom stereocenters. The number of aromatic nitrogens is 3. The summed E-state index contributed by atoms with van der Waals surface area (Å²) in [5.41, 5.74) is 0. The van der Waals surface area contributed by atoms with Gasteiger partial charge in [0.05, 0.1) is 24.3 Å². The van der Waals surface area contributed by atoms with Crippen LogP contribution in [0.3, 0.4) is 0 Å². The largest absolute Gasteiger partial charge is 0.376 e. The third kappa shape index (κ3) is 3.03. The Balaban J connectivity index is 1.66. The summed E-state index contributed by atoms with van der Waals surface area (Å²) in [6.45, 7) is 6.76. The lowest BCUT2D eigenvalue weighted by Gasteiger charge is -2.36. The van der Waals surface area contributed by atoms with Gasteiger partial charge in [0.25, 0.3) is 0 Å². The maximum absolute atomic E-state index is 5.75. The van der Waals surface area contributed by atoms with Crippen molar-refractivity contribution in [3.8, 4) is 10.7 Å². The zero-order chi connectivity index (χ0) is 16.0. The van der Waals surface area contributed by atoms with Crippen LogP contribution in [0.15, 0.2) is 17.5 Å². The van der Waals surface area contributed by atoms with Crippen LogP contribution in [0.2, 0.25) is 0 Å². The zero-order valence-corrected chi connectivity index (χ0v) is 15.1. The van der Waals surface area contributed by atoms with E-state index in [2.05, 4.69) is 40.8 Å².